The SMILES string of the molecule is O=C(c1ccc([N+](=O)[O-])o1)N1CCC2(O)CCCCC2C1. The molecular formula is C14H18N2O5. The lowest BCUT2D eigenvalue weighted by Crippen LogP contribution is -2.54. The molecule has 1 aromatic rings. The summed E-state index contributed by atoms with van der Waals surface area (Å²) in [6.45, 7) is 0.949. The summed E-state index contributed by atoms with van der Waals surface area (Å²) in [5.41, 5.74) is -0.649. The topological polar surface area (TPSA) is 96.8 Å². The van der Waals surface area contributed by atoms with Gasteiger partial charge in [-0.05, 0) is 25.3 Å². The third-order valence-electron chi connectivity index (χ3n) is 4.70. The normalized spacial score (nSPS) is 29.0. The fourth-order valence-corrected chi connectivity index (χ4v) is 3.45. The number of amides is 1. The zero-order chi connectivity index (χ0) is 15.0. The molecule has 1 amide bonds. The largest absolute Gasteiger partial charge is 0.433 e. The number of piperidine rings is 1. The number of likely N-dealkylation sites (tertiary alicyclic amines) is 1. The van der Waals surface area contributed by atoms with Crippen LogP contribution in [-0.2, 0) is 0 Å². The summed E-state index contributed by atoms with van der Waals surface area (Å²) >= 11 is 0. The minimum atomic E-state index is -0.660. The zero-order valence-electron chi connectivity index (χ0n) is 11.7. The Hall–Kier alpha value is -1.89. The Morgan fingerprint density at radius 1 is 1.43 bits per heavy atom. The molecule has 1 aliphatic heterocycles. The first-order valence-corrected chi connectivity index (χ1v) is 7.25. The molecule has 21 heavy (non-hydrogen) atoms. The summed E-state index contributed by atoms with van der Waals surface area (Å²) in [4.78, 5) is 23.9. The molecule has 2 fully saturated rings. The Morgan fingerprint density at radius 2 is 2.24 bits per heavy atom. The number of carbonyl (C=O) groups is 1. The highest BCUT2D eigenvalue weighted by Gasteiger charge is 2.44. The maximum atomic E-state index is 12.3. The number of nitrogens with zero attached hydrogens (tertiary/aromatic N) is 2. The molecule has 1 N–H and O–H groups in total. The van der Waals surface area contributed by atoms with Gasteiger partial charge in [0.25, 0.3) is 5.91 Å². The maximum Gasteiger partial charge on any atom is 0.433 e. The van der Waals surface area contributed by atoms with Gasteiger partial charge >= 0.3 is 5.88 Å². The molecule has 1 saturated carbocycles. The summed E-state index contributed by atoms with van der Waals surface area (Å²) in [5.74, 6) is -0.683. The predicted octanol–water partition coefficient (Wildman–Crippen LogP) is 1.95. The lowest BCUT2D eigenvalue weighted by atomic mass is 9.71. The number of fused-ring (bicyclic) bond motifs is 1. The standard InChI is InChI=1S/C14H18N2O5/c17-13(11-4-5-12(21-11)16(19)20)15-8-7-14(18)6-2-1-3-10(14)9-15/h4-5,10,18H,1-3,6-9H2. The number of rotatable bonds is 2. The Bertz CT molecular complexity index is 569. The summed E-state index contributed by atoms with van der Waals surface area (Å²) in [5, 5.41) is 21.2. The highest BCUT2D eigenvalue weighted by Crippen LogP contribution is 2.40. The number of hydrogen-bond donors (Lipinski definition) is 1. The van der Waals surface area contributed by atoms with Gasteiger partial charge in [-0.3, -0.25) is 14.9 Å². The van der Waals surface area contributed by atoms with E-state index < -0.39 is 16.4 Å². The molecule has 2 unspecified atom stereocenters. The van der Waals surface area contributed by atoms with E-state index in [1.807, 2.05) is 0 Å². The van der Waals surface area contributed by atoms with E-state index in [0.29, 0.717) is 19.5 Å². The van der Waals surface area contributed by atoms with Gasteiger partial charge in [-0.1, -0.05) is 12.8 Å². The minimum absolute atomic E-state index is 0.0112. The van der Waals surface area contributed by atoms with Crippen LogP contribution < -0.4 is 0 Å². The Morgan fingerprint density at radius 3 is 2.95 bits per heavy atom. The smallest absolute Gasteiger partial charge is 0.395 e. The molecule has 0 spiro atoms. The van der Waals surface area contributed by atoms with Crippen molar-refractivity contribution in [2.24, 2.45) is 5.92 Å². The van der Waals surface area contributed by atoms with Gasteiger partial charge in [0.1, 0.15) is 4.92 Å². The molecule has 1 aromatic heterocycles. The fourth-order valence-electron chi connectivity index (χ4n) is 3.45. The van der Waals surface area contributed by atoms with Gasteiger partial charge in [0.15, 0.2) is 5.76 Å². The van der Waals surface area contributed by atoms with Crippen LogP contribution in [0.3, 0.4) is 0 Å². The lowest BCUT2D eigenvalue weighted by Gasteiger charge is -2.47. The lowest BCUT2D eigenvalue weighted by molar-refractivity contribution is -0.402. The van der Waals surface area contributed by atoms with E-state index in [0.717, 1.165) is 25.7 Å². The van der Waals surface area contributed by atoms with Crippen molar-refractivity contribution in [2.75, 3.05) is 13.1 Å². The second kappa shape index (κ2) is 5.14. The number of aliphatic hydroxyl groups is 1. The summed E-state index contributed by atoms with van der Waals surface area (Å²) in [6.07, 6.45) is 4.38. The summed E-state index contributed by atoms with van der Waals surface area (Å²) < 4.78 is 4.97. The van der Waals surface area contributed by atoms with Crippen molar-refractivity contribution < 1.29 is 19.2 Å². The number of furan rings is 1. The van der Waals surface area contributed by atoms with Crippen molar-refractivity contribution in [3.8, 4) is 0 Å². The molecule has 0 bridgehead atoms. The van der Waals surface area contributed by atoms with Gasteiger partial charge in [-0.25, -0.2) is 0 Å². The van der Waals surface area contributed by atoms with E-state index in [-0.39, 0.29) is 17.6 Å². The maximum absolute atomic E-state index is 12.3. The van der Waals surface area contributed by atoms with Gasteiger partial charge in [-0.2, -0.15) is 0 Å². The highest BCUT2D eigenvalue weighted by molar-refractivity contribution is 5.91. The molecule has 1 saturated heterocycles. The van der Waals surface area contributed by atoms with Crippen LogP contribution in [0.2, 0.25) is 0 Å². The van der Waals surface area contributed by atoms with Crippen molar-refractivity contribution >= 4 is 11.8 Å². The van der Waals surface area contributed by atoms with E-state index in [9.17, 15) is 20.0 Å². The van der Waals surface area contributed by atoms with Gasteiger partial charge in [-0.15, -0.1) is 0 Å². The van der Waals surface area contributed by atoms with E-state index >= 15 is 0 Å². The van der Waals surface area contributed by atoms with Crippen molar-refractivity contribution in [1.29, 1.82) is 0 Å². The van der Waals surface area contributed by atoms with Crippen LogP contribution >= 0.6 is 0 Å². The molecule has 0 aromatic carbocycles. The first-order valence-electron chi connectivity index (χ1n) is 7.25. The monoisotopic (exact) mass is 294 g/mol. The molecular weight excluding hydrogens is 276 g/mol. The third-order valence-corrected chi connectivity index (χ3v) is 4.70. The van der Waals surface area contributed by atoms with E-state index in [1.54, 1.807) is 4.90 Å². The Labute approximate surface area is 121 Å². The van der Waals surface area contributed by atoms with E-state index in [1.165, 1.54) is 12.1 Å². The van der Waals surface area contributed by atoms with Gasteiger partial charge < -0.3 is 14.4 Å². The minimum Gasteiger partial charge on any atom is -0.395 e. The van der Waals surface area contributed by atoms with Crippen molar-refractivity contribution in [1.82, 2.24) is 4.90 Å². The molecule has 2 atom stereocenters. The third kappa shape index (κ3) is 2.53. The Balaban J connectivity index is 1.72. The van der Waals surface area contributed by atoms with Crippen LogP contribution in [-0.4, -0.2) is 39.5 Å². The summed E-state index contributed by atoms with van der Waals surface area (Å²) in [7, 11) is 0. The van der Waals surface area contributed by atoms with Crippen LogP contribution in [0.4, 0.5) is 5.88 Å². The van der Waals surface area contributed by atoms with Gasteiger partial charge in [0, 0.05) is 19.0 Å². The molecule has 7 heteroatoms. The van der Waals surface area contributed by atoms with Crippen LogP contribution in [0.1, 0.15) is 42.7 Å². The average Bonchev–Trinajstić information content (AvgIpc) is 2.95. The quantitative estimate of drug-likeness (QED) is 0.664. The number of carbonyl (C=O) groups excluding carboxylic acids is 1. The first kappa shape index (κ1) is 14.1. The second-order valence-electron chi connectivity index (χ2n) is 5.94. The highest BCUT2D eigenvalue weighted by atomic mass is 16.6. The van der Waals surface area contributed by atoms with Crippen LogP contribution in [0.15, 0.2) is 16.5 Å². The predicted molar refractivity (Wildman–Crippen MR) is 72.8 cm³/mol. The van der Waals surface area contributed by atoms with Gasteiger partial charge in [0.05, 0.1) is 11.7 Å². The fraction of sp³-hybridized carbons (Fsp3) is 0.643. The second-order valence-corrected chi connectivity index (χ2v) is 5.94. The first-order chi connectivity index (χ1) is 9.99. The van der Waals surface area contributed by atoms with Crippen LogP contribution in [0, 0.1) is 16.0 Å². The van der Waals surface area contributed by atoms with Gasteiger partial charge in [0.2, 0.25) is 0 Å². The molecule has 3 rings (SSSR count). The molecule has 7 nitrogen and oxygen atoms in total. The molecule has 0 radical (unpaired) electrons. The number of hydrogen-bond acceptors (Lipinski definition) is 5. The molecule has 1 aliphatic carbocycles. The number of nitro groups is 1. The van der Waals surface area contributed by atoms with Crippen LogP contribution in [0.5, 0.6) is 0 Å². The van der Waals surface area contributed by atoms with Crippen molar-refractivity contribution in [3.05, 3.63) is 28.0 Å². The molecule has 2 heterocycles. The average molecular weight is 294 g/mol. The summed E-state index contributed by atoms with van der Waals surface area (Å²) in [6, 6.07) is 2.52. The Kier molecular flexibility index (Phi) is 3.44. The molecule has 2 aliphatic rings. The van der Waals surface area contributed by atoms with Crippen molar-refractivity contribution in [3.63, 3.8) is 0 Å². The molecule has 114 valence electrons. The van der Waals surface area contributed by atoms with Crippen LogP contribution in [0.25, 0.3) is 0 Å². The zero-order valence-corrected chi connectivity index (χ0v) is 11.7. The van der Waals surface area contributed by atoms with Crippen molar-refractivity contribution in [2.45, 2.75) is 37.7 Å². The van der Waals surface area contributed by atoms with E-state index in [2.05, 4.69) is 0 Å². The van der Waals surface area contributed by atoms with E-state index in [4.69, 9.17) is 4.42 Å².